The third-order valence-corrected chi connectivity index (χ3v) is 8.02. The summed E-state index contributed by atoms with van der Waals surface area (Å²) in [7, 11) is 0. The standard InChI is InChI=1S/C20H26.2C7H7.Zr/c1-3-7-19-15(5-1)9-11-17(19)13-14-18-12-10-16-6-2-4-8-20(16)18;2*1-7-5-3-2-4-6-7;/h1-8,15-20H,9-14H2;2*2-6H,1H2;/q;2*-1;+4. The number of allylic oxidation sites excluding steroid dienone is 8. The molecule has 4 aliphatic rings. The largest absolute Gasteiger partial charge is 4.00 e. The van der Waals surface area contributed by atoms with Gasteiger partial charge in [-0.15, -0.1) is 24.3 Å². The fourth-order valence-electron chi connectivity index (χ4n) is 6.19. The first kappa shape index (κ1) is 27.6. The van der Waals surface area contributed by atoms with E-state index in [0.717, 1.165) is 46.6 Å². The normalized spacial score (nSPS) is 29.0. The van der Waals surface area contributed by atoms with Gasteiger partial charge in [-0.1, -0.05) is 60.7 Å². The van der Waals surface area contributed by atoms with E-state index in [9.17, 15) is 0 Å². The van der Waals surface area contributed by atoms with E-state index in [1.807, 2.05) is 60.7 Å². The zero-order valence-corrected chi connectivity index (χ0v) is 23.5. The molecular weight excluding hydrogens is 500 g/mol. The van der Waals surface area contributed by atoms with Crippen LogP contribution in [-0.4, -0.2) is 0 Å². The Kier molecular flexibility index (Phi) is 11.5. The number of rotatable bonds is 3. The van der Waals surface area contributed by atoms with Crippen molar-refractivity contribution >= 4 is 0 Å². The maximum atomic E-state index is 3.72. The van der Waals surface area contributed by atoms with Crippen LogP contribution in [0.5, 0.6) is 0 Å². The summed E-state index contributed by atoms with van der Waals surface area (Å²) in [6.07, 6.45) is 27.6. The topological polar surface area (TPSA) is 0 Å². The monoisotopic (exact) mass is 538 g/mol. The molecule has 2 aromatic rings. The molecule has 35 heavy (non-hydrogen) atoms. The van der Waals surface area contributed by atoms with Crippen molar-refractivity contribution < 1.29 is 26.2 Å². The summed E-state index contributed by atoms with van der Waals surface area (Å²) in [6.45, 7) is 7.44. The average molecular weight is 540 g/mol. The van der Waals surface area contributed by atoms with Gasteiger partial charge < -0.3 is 0 Å². The predicted molar refractivity (Wildman–Crippen MR) is 147 cm³/mol. The number of hydrogen-bond donors (Lipinski definition) is 0. The molecule has 0 spiro atoms. The molecule has 0 nitrogen and oxygen atoms in total. The van der Waals surface area contributed by atoms with Crippen LogP contribution in [0.4, 0.5) is 0 Å². The van der Waals surface area contributed by atoms with Crippen molar-refractivity contribution in [3.63, 3.8) is 0 Å². The average Bonchev–Trinajstić information content (AvgIpc) is 3.49. The minimum Gasteiger partial charge on any atom is -0.199 e. The molecular formula is C34H40Zr+2. The fourth-order valence-corrected chi connectivity index (χ4v) is 6.19. The SMILES string of the molecule is C1=CC2CCC(CCC3CCC4C=CC=CC43)C2C=C1.[CH2-]c1ccccc1.[CH2-]c1ccccc1.[Zr+4]. The van der Waals surface area contributed by atoms with Gasteiger partial charge in [-0.3, -0.25) is 0 Å². The van der Waals surface area contributed by atoms with Gasteiger partial charge in [0.05, 0.1) is 0 Å². The van der Waals surface area contributed by atoms with Crippen LogP contribution in [0, 0.1) is 49.4 Å². The van der Waals surface area contributed by atoms with E-state index in [1.54, 1.807) is 0 Å². The van der Waals surface area contributed by atoms with Gasteiger partial charge in [0, 0.05) is 0 Å². The minimum absolute atomic E-state index is 0. The smallest absolute Gasteiger partial charge is 0.199 e. The Balaban J connectivity index is 0.000000188. The summed E-state index contributed by atoms with van der Waals surface area (Å²) in [6, 6.07) is 19.7. The van der Waals surface area contributed by atoms with Gasteiger partial charge in [-0.2, -0.15) is 49.2 Å². The van der Waals surface area contributed by atoms with E-state index in [4.69, 9.17) is 0 Å². The van der Waals surface area contributed by atoms with Crippen LogP contribution >= 0.6 is 0 Å². The summed E-state index contributed by atoms with van der Waals surface area (Å²) in [5.74, 6) is 5.36. The van der Waals surface area contributed by atoms with Crippen LogP contribution in [0.3, 0.4) is 0 Å². The first-order valence-electron chi connectivity index (χ1n) is 13.1. The summed E-state index contributed by atoms with van der Waals surface area (Å²) in [4.78, 5) is 0. The Morgan fingerprint density at radius 1 is 0.514 bits per heavy atom. The zero-order valence-electron chi connectivity index (χ0n) is 21.0. The molecule has 6 atom stereocenters. The molecule has 0 N–H and O–H groups in total. The Labute approximate surface area is 233 Å². The van der Waals surface area contributed by atoms with Crippen molar-refractivity contribution in [3.8, 4) is 0 Å². The number of fused-ring (bicyclic) bond motifs is 2. The Hall–Kier alpha value is -1.98. The van der Waals surface area contributed by atoms with Gasteiger partial charge in [0.15, 0.2) is 0 Å². The molecule has 0 aliphatic heterocycles. The molecule has 4 aliphatic carbocycles. The molecule has 0 amide bonds. The van der Waals surface area contributed by atoms with E-state index in [-0.39, 0.29) is 26.2 Å². The molecule has 6 rings (SSSR count). The maximum absolute atomic E-state index is 3.72. The van der Waals surface area contributed by atoms with E-state index < -0.39 is 0 Å². The quantitative estimate of drug-likeness (QED) is 0.341. The van der Waals surface area contributed by atoms with Crippen molar-refractivity contribution in [3.05, 3.63) is 134 Å². The van der Waals surface area contributed by atoms with Crippen LogP contribution in [0.2, 0.25) is 0 Å². The fraction of sp³-hybridized carbons (Fsp3) is 0.353. The van der Waals surface area contributed by atoms with Gasteiger partial charge in [-0.25, -0.2) is 0 Å². The van der Waals surface area contributed by atoms with E-state index in [1.165, 1.54) is 38.5 Å². The Morgan fingerprint density at radius 2 is 0.886 bits per heavy atom. The van der Waals surface area contributed by atoms with Gasteiger partial charge in [0.2, 0.25) is 0 Å². The van der Waals surface area contributed by atoms with E-state index in [2.05, 4.69) is 62.5 Å². The van der Waals surface area contributed by atoms with Crippen LogP contribution in [0.1, 0.15) is 49.7 Å². The van der Waals surface area contributed by atoms with E-state index >= 15 is 0 Å². The molecule has 6 unspecified atom stereocenters. The summed E-state index contributed by atoms with van der Waals surface area (Å²) in [5, 5.41) is 0. The molecule has 2 fully saturated rings. The third-order valence-electron chi connectivity index (χ3n) is 8.02. The van der Waals surface area contributed by atoms with Crippen molar-refractivity contribution in [2.75, 3.05) is 0 Å². The molecule has 2 aromatic carbocycles. The predicted octanol–water partition coefficient (Wildman–Crippen LogP) is 9.04. The minimum atomic E-state index is 0. The van der Waals surface area contributed by atoms with Crippen LogP contribution in [0.15, 0.2) is 109 Å². The van der Waals surface area contributed by atoms with Crippen molar-refractivity contribution in [2.24, 2.45) is 35.5 Å². The summed E-state index contributed by atoms with van der Waals surface area (Å²) < 4.78 is 0. The molecule has 178 valence electrons. The van der Waals surface area contributed by atoms with Crippen LogP contribution in [0.25, 0.3) is 0 Å². The van der Waals surface area contributed by atoms with E-state index in [0.29, 0.717) is 0 Å². The molecule has 0 bridgehead atoms. The van der Waals surface area contributed by atoms with Crippen LogP contribution < -0.4 is 0 Å². The van der Waals surface area contributed by atoms with Gasteiger partial charge in [0.25, 0.3) is 0 Å². The first-order chi connectivity index (χ1) is 16.7. The maximum Gasteiger partial charge on any atom is 4.00 e. The summed E-state index contributed by atoms with van der Waals surface area (Å²) >= 11 is 0. The second-order valence-corrected chi connectivity index (χ2v) is 10.2. The third kappa shape index (κ3) is 8.29. The molecule has 0 heterocycles. The van der Waals surface area contributed by atoms with Gasteiger partial charge in [0.1, 0.15) is 0 Å². The number of benzene rings is 2. The van der Waals surface area contributed by atoms with Gasteiger partial charge in [-0.05, 0) is 74.0 Å². The second-order valence-electron chi connectivity index (χ2n) is 10.2. The van der Waals surface area contributed by atoms with Crippen molar-refractivity contribution in [2.45, 2.75) is 38.5 Å². The molecule has 1 heteroatoms. The molecule has 0 aromatic heterocycles. The van der Waals surface area contributed by atoms with Crippen molar-refractivity contribution in [1.29, 1.82) is 0 Å². The summed E-state index contributed by atoms with van der Waals surface area (Å²) in [5.41, 5.74) is 2.14. The van der Waals surface area contributed by atoms with Crippen molar-refractivity contribution in [1.82, 2.24) is 0 Å². The van der Waals surface area contributed by atoms with Gasteiger partial charge >= 0.3 is 26.2 Å². The second kappa shape index (κ2) is 14.6. The zero-order chi connectivity index (χ0) is 23.6. The van der Waals surface area contributed by atoms with Crippen LogP contribution in [-0.2, 0) is 26.2 Å². The molecule has 0 radical (unpaired) electrons. The Bertz CT molecular complexity index is 887. The molecule has 0 saturated heterocycles. The Morgan fingerprint density at radius 3 is 1.23 bits per heavy atom. The molecule has 2 saturated carbocycles. The number of hydrogen-bond acceptors (Lipinski definition) is 0. The first-order valence-corrected chi connectivity index (χ1v) is 13.1.